The van der Waals surface area contributed by atoms with Crippen molar-refractivity contribution in [2.75, 3.05) is 0 Å². The number of alkyl halides is 2. The summed E-state index contributed by atoms with van der Waals surface area (Å²) >= 11 is 0. The number of benzene rings is 3. The van der Waals surface area contributed by atoms with Gasteiger partial charge in [0.05, 0.1) is 0 Å². The number of fused-ring (bicyclic) bond motifs is 1. The van der Waals surface area contributed by atoms with Crippen molar-refractivity contribution in [3.05, 3.63) is 70.8 Å². The molecule has 0 N–H and O–H groups in total. The quantitative estimate of drug-likeness (QED) is 0.504. The average molecular weight is 310 g/mol. The van der Waals surface area contributed by atoms with Crippen LogP contribution in [0, 0.1) is 20.8 Å². The molecule has 0 bridgehead atoms. The first-order valence-electron chi connectivity index (χ1n) is 7.76. The molecule has 0 aliphatic rings. The maximum atomic E-state index is 14.4. The maximum Gasteiger partial charge on any atom is 0.271 e. The van der Waals surface area contributed by atoms with E-state index in [1.54, 1.807) is 0 Å². The molecule has 3 aromatic carbocycles. The molecule has 0 aromatic heterocycles. The number of halogens is 2. The van der Waals surface area contributed by atoms with E-state index in [2.05, 4.69) is 0 Å². The molecule has 0 aliphatic carbocycles. The first-order valence-corrected chi connectivity index (χ1v) is 7.76. The van der Waals surface area contributed by atoms with E-state index in [0.29, 0.717) is 10.9 Å². The Balaban J connectivity index is 2.39. The van der Waals surface area contributed by atoms with Crippen LogP contribution >= 0.6 is 0 Å². The van der Waals surface area contributed by atoms with E-state index in [4.69, 9.17) is 0 Å². The molecule has 0 atom stereocenters. The Morgan fingerprint density at radius 3 is 2.00 bits per heavy atom. The number of hydrogen-bond acceptors (Lipinski definition) is 0. The smallest absolute Gasteiger partial charge is 0.202 e. The third-order valence-electron chi connectivity index (χ3n) is 4.29. The van der Waals surface area contributed by atoms with Gasteiger partial charge in [-0.25, -0.2) is 8.78 Å². The van der Waals surface area contributed by atoms with E-state index in [9.17, 15) is 8.78 Å². The molecular weight excluding hydrogens is 290 g/mol. The third kappa shape index (κ3) is 2.86. The second kappa shape index (κ2) is 5.45. The van der Waals surface area contributed by atoms with E-state index < -0.39 is 5.92 Å². The first-order chi connectivity index (χ1) is 10.8. The summed E-state index contributed by atoms with van der Waals surface area (Å²) in [7, 11) is 0. The van der Waals surface area contributed by atoms with Crippen LogP contribution < -0.4 is 0 Å². The van der Waals surface area contributed by atoms with Gasteiger partial charge in [-0.1, -0.05) is 59.7 Å². The zero-order valence-electron chi connectivity index (χ0n) is 13.9. The molecule has 0 aliphatic heterocycles. The molecule has 3 rings (SSSR count). The summed E-state index contributed by atoms with van der Waals surface area (Å²) in [6.45, 7) is 6.93. The lowest BCUT2D eigenvalue weighted by Crippen LogP contribution is -2.10. The van der Waals surface area contributed by atoms with Crippen LogP contribution in [0.4, 0.5) is 8.78 Å². The van der Waals surface area contributed by atoms with Crippen LogP contribution in [0.1, 0.15) is 29.2 Å². The average Bonchev–Trinajstić information content (AvgIpc) is 2.45. The Morgan fingerprint density at radius 1 is 0.739 bits per heavy atom. The van der Waals surface area contributed by atoms with Crippen molar-refractivity contribution < 1.29 is 8.78 Å². The second-order valence-corrected chi connectivity index (χ2v) is 6.42. The second-order valence-electron chi connectivity index (χ2n) is 6.42. The highest BCUT2D eigenvalue weighted by molar-refractivity contribution is 5.93. The van der Waals surface area contributed by atoms with Gasteiger partial charge in [0.1, 0.15) is 0 Å². The Morgan fingerprint density at radius 2 is 1.35 bits per heavy atom. The molecule has 0 unspecified atom stereocenters. The normalized spacial score (nSPS) is 11.9. The molecule has 0 heterocycles. The van der Waals surface area contributed by atoms with E-state index in [1.807, 2.05) is 69.3 Å². The van der Waals surface area contributed by atoms with Gasteiger partial charge in [0.25, 0.3) is 5.92 Å². The lowest BCUT2D eigenvalue weighted by molar-refractivity contribution is 0.0197. The first kappa shape index (κ1) is 15.7. The molecule has 118 valence electrons. The monoisotopic (exact) mass is 310 g/mol. The molecule has 0 saturated carbocycles. The van der Waals surface area contributed by atoms with Gasteiger partial charge in [0.15, 0.2) is 0 Å². The van der Waals surface area contributed by atoms with Crippen molar-refractivity contribution in [2.45, 2.75) is 33.6 Å². The Kier molecular flexibility index (Phi) is 3.71. The molecule has 23 heavy (non-hydrogen) atoms. The van der Waals surface area contributed by atoms with Crippen molar-refractivity contribution in [2.24, 2.45) is 0 Å². The van der Waals surface area contributed by atoms with Crippen molar-refractivity contribution in [1.82, 2.24) is 0 Å². The number of rotatable bonds is 2. The molecular formula is C21H20F2. The summed E-state index contributed by atoms with van der Waals surface area (Å²) < 4.78 is 28.9. The van der Waals surface area contributed by atoms with Crippen LogP contribution in [0.15, 0.2) is 48.5 Å². The lowest BCUT2D eigenvalue weighted by atomic mass is 9.88. The van der Waals surface area contributed by atoms with E-state index in [-0.39, 0.29) is 5.56 Å². The summed E-state index contributed by atoms with van der Waals surface area (Å²) in [6.07, 6.45) is 0. The Bertz CT molecular complexity index is 886. The molecule has 3 aromatic rings. The minimum Gasteiger partial charge on any atom is -0.202 e. The zero-order valence-corrected chi connectivity index (χ0v) is 13.9. The number of hydrogen-bond donors (Lipinski definition) is 0. The molecule has 0 radical (unpaired) electrons. The fourth-order valence-electron chi connectivity index (χ4n) is 3.26. The van der Waals surface area contributed by atoms with Crippen LogP contribution in [0.2, 0.25) is 0 Å². The minimum absolute atomic E-state index is 0.113. The molecule has 0 spiro atoms. The highest BCUT2D eigenvalue weighted by Gasteiger charge is 2.30. The van der Waals surface area contributed by atoms with Crippen molar-refractivity contribution in [1.29, 1.82) is 0 Å². The van der Waals surface area contributed by atoms with Crippen LogP contribution in [-0.2, 0) is 5.92 Å². The summed E-state index contributed by atoms with van der Waals surface area (Å²) in [5.41, 5.74) is 4.82. The third-order valence-corrected chi connectivity index (χ3v) is 4.29. The van der Waals surface area contributed by atoms with Crippen LogP contribution in [0.25, 0.3) is 21.9 Å². The molecule has 0 amide bonds. The maximum absolute atomic E-state index is 14.4. The van der Waals surface area contributed by atoms with E-state index in [1.165, 1.54) is 0 Å². The summed E-state index contributed by atoms with van der Waals surface area (Å²) in [4.78, 5) is 0. The summed E-state index contributed by atoms with van der Waals surface area (Å²) in [5.74, 6) is -2.90. The number of aryl methyl sites for hydroxylation is 3. The van der Waals surface area contributed by atoms with Crippen LogP contribution in [0.5, 0.6) is 0 Å². The topological polar surface area (TPSA) is 0 Å². The van der Waals surface area contributed by atoms with E-state index >= 15 is 0 Å². The molecule has 2 heteroatoms. The molecule has 0 fully saturated rings. The standard InChI is InChI=1S/C21H20F2/c1-13-5-8-17(15(3)11-13)19-10-7-16-12-14(2)6-9-18(16)20(19)21(4,22)23/h5-12H,1-4H3. The summed E-state index contributed by atoms with van der Waals surface area (Å²) in [6, 6.07) is 15.4. The predicted molar refractivity (Wildman–Crippen MR) is 93.2 cm³/mol. The zero-order chi connectivity index (χ0) is 16.8. The van der Waals surface area contributed by atoms with Gasteiger partial charge < -0.3 is 0 Å². The van der Waals surface area contributed by atoms with Gasteiger partial charge in [-0.15, -0.1) is 0 Å². The van der Waals surface area contributed by atoms with Gasteiger partial charge in [-0.3, -0.25) is 0 Å². The van der Waals surface area contributed by atoms with Gasteiger partial charge in [0, 0.05) is 12.5 Å². The van der Waals surface area contributed by atoms with Gasteiger partial charge in [0.2, 0.25) is 0 Å². The lowest BCUT2D eigenvalue weighted by Gasteiger charge is -2.20. The Hall–Kier alpha value is -2.22. The van der Waals surface area contributed by atoms with Gasteiger partial charge >= 0.3 is 0 Å². The van der Waals surface area contributed by atoms with Crippen LogP contribution in [0.3, 0.4) is 0 Å². The fourth-order valence-corrected chi connectivity index (χ4v) is 3.26. The van der Waals surface area contributed by atoms with Crippen molar-refractivity contribution in [3.63, 3.8) is 0 Å². The van der Waals surface area contributed by atoms with Crippen LogP contribution in [-0.4, -0.2) is 0 Å². The van der Waals surface area contributed by atoms with Crippen molar-refractivity contribution >= 4 is 10.8 Å². The SMILES string of the molecule is Cc1ccc(-c2ccc3cc(C)ccc3c2C(C)(F)F)c(C)c1. The largest absolute Gasteiger partial charge is 0.271 e. The molecule has 0 nitrogen and oxygen atoms in total. The Labute approximate surface area is 135 Å². The van der Waals surface area contributed by atoms with E-state index in [0.717, 1.165) is 34.6 Å². The fraction of sp³-hybridized carbons (Fsp3) is 0.238. The summed E-state index contributed by atoms with van der Waals surface area (Å²) in [5, 5.41) is 1.48. The van der Waals surface area contributed by atoms with Gasteiger partial charge in [-0.2, -0.15) is 0 Å². The molecule has 0 saturated heterocycles. The minimum atomic E-state index is -2.90. The van der Waals surface area contributed by atoms with Crippen molar-refractivity contribution in [3.8, 4) is 11.1 Å². The van der Waals surface area contributed by atoms with Gasteiger partial charge in [-0.05, 0) is 48.2 Å². The predicted octanol–water partition coefficient (Wildman–Crippen LogP) is 6.54. The highest BCUT2D eigenvalue weighted by atomic mass is 19.3. The highest BCUT2D eigenvalue weighted by Crippen LogP contribution is 2.41.